The Morgan fingerprint density at radius 3 is 2.80 bits per heavy atom. The fraction of sp³-hybridized carbons (Fsp3) is 0.500. The monoisotopic (exact) mass is 226 g/mol. The summed E-state index contributed by atoms with van der Waals surface area (Å²) in [6.07, 6.45) is 0. The van der Waals surface area contributed by atoms with Gasteiger partial charge < -0.3 is 10.2 Å². The molecule has 2 nitrogen and oxygen atoms in total. The van der Waals surface area contributed by atoms with Gasteiger partial charge in [0.25, 0.3) is 0 Å². The molecule has 0 aliphatic rings. The summed E-state index contributed by atoms with van der Waals surface area (Å²) in [5.74, 6) is 0. The molecular weight excluding hydrogens is 208 g/mol. The molecule has 0 amide bonds. The van der Waals surface area contributed by atoms with E-state index >= 15 is 0 Å². The Balaban J connectivity index is 2.47. The highest BCUT2D eigenvalue weighted by Crippen LogP contribution is 2.12. The SMILES string of the molecule is CNC(C)CN(C)Cc1cccc(Cl)c1. The van der Waals surface area contributed by atoms with Crippen molar-refractivity contribution < 1.29 is 0 Å². The van der Waals surface area contributed by atoms with Gasteiger partial charge in [0.05, 0.1) is 0 Å². The summed E-state index contributed by atoms with van der Waals surface area (Å²) in [7, 11) is 4.10. The van der Waals surface area contributed by atoms with Crippen molar-refractivity contribution >= 4 is 11.6 Å². The molecule has 0 aromatic heterocycles. The summed E-state index contributed by atoms with van der Waals surface area (Å²) in [5, 5.41) is 4.03. The topological polar surface area (TPSA) is 15.3 Å². The van der Waals surface area contributed by atoms with Crippen molar-refractivity contribution in [2.24, 2.45) is 0 Å². The van der Waals surface area contributed by atoms with Gasteiger partial charge in [-0.2, -0.15) is 0 Å². The molecule has 0 aliphatic carbocycles. The molecule has 0 aliphatic heterocycles. The number of likely N-dealkylation sites (N-methyl/N-ethyl adjacent to an activating group) is 2. The van der Waals surface area contributed by atoms with Gasteiger partial charge in [-0.3, -0.25) is 0 Å². The Labute approximate surface area is 97.2 Å². The van der Waals surface area contributed by atoms with Gasteiger partial charge >= 0.3 is 0 Å². The van der Waals surface area contributed by atoms with Crippen LogP contribution in [0, 0.1) is 0 Å². The number of benzene rings is 1. The number of halogens is 1. The highest BCUT2D eigenvalue weighted by molar-refractivity contribution is 6.30. The molecule has 0 fully saturated rings. The van der Waals surface area contributed by atoms with E-state index in [9.17, 15) is 0 Å². The highest BCUT2D eigenvalue weighted by Gasteiger charge is 2.04. The lowest BCUT2D eigenvalue weighted by atomic mass is 10.2. The van der Waals surface area contributed by atoms with Crippen molar-refractivity contribution in [2.45, 2.75) is 19.5 Å². The molecule has 1 atom stereocenters. The van der Waals surface area contributed by atoms with Crippen molar-refractivity contribution in [3.63, 3.8) is 0 Å². The van der Waals surface area contributed by atoms with Crippen molar-refractivity contribution in [3.05, 3.63) is 34.9 Å². The van der Waals surface area contributed by atoms with Gasteiger partial charge in [0.1, 0.15) is 0 Å². The van der Waals surface area contributed by atoms with Crippen LogP contribution in [0.3, 0.4) is 0 Å². The quantitative estimate of drug-likeness (QED) is 0.830. The molecule has 0 heterocycles. The third-order valence-corrected chi connectivity index (χ3v) is 2.65. The van der Waals surface area contributed by atoms with E-state index in [-0.39, 0.29) is 0 Å². The van der Waals surface area contributed by atoms with Crippen LogP contribution in [0.15, 0.2) is 24.3 Å². The molecule has 84 valence electrons. The molecule has 1 rings (SSSR count). The van der Waals surface area contributed by atoms with E-state index in [0.717, 1.165) is 18.1 Å². The van der Waals surface area contributed by atoms with Crippen LogP contribution in [0.25, 0.3) is 0 Å². The fourth-order valence-corrected chi connectivity index (χ4v) is 1.78. The maximum atomic E-state index is 5.93. The van der Waals surface area contributed by atoms with Crippen molar-refractivity contribution in [3.8, 4) is 0 Å². The van der Waals surface area contributed by atoms with Crippen LogP contribution in [0.4, 0.5) is 0 Å². The van der Waals surface area contributed by atoms with E-state index in [4.69, 9.17) is 11.6 Å². The zero-order valence-corrected chi connectivity index (χ0v) is 10.4. The van der Waals surface area contributed by atoms with Gasteiger partial charge in [-0.15, -0.1) is 0 Å². The van der Waals surface area contributed by atoms with E-state index in [1.54, 1.807) is 0 Å². The van der Waals surface area contributed by atoms with Crippen LogP contribution in [0.5, 0.6) is 0 Å². The molecule has 0 saturated heterocycles. The second-order valence-electron chi connectivity index (χ2n) is 4.02. The maximum absolute atomic E-state index is 5.93. The van der Waals surface area contributed by atoms with Crippen LogP contribution in [0.2, 0.25) is 5.02 Å². The van der Waals surface area contributed by atoms with Crippen LogP contribution in [0.1, 0.15) is 12.5 Å². The first-order valence-electron chi connectivity index (χ1n) is 5.22. The average Bonchev–Trinajstić information content (AvgIpc) is 2.17. The minimum absolute atomic E-state index is 0.509. The molecule has 0 radical (unpaired) electrons. The lowest BCUT2D eigenvalue weighted by molar-refractivity contribution is 0.295. The van der Waals surface area contributed by atoms with Gasteiger partial charge in [0.2, 0.25) is 0 Å². The van der Waals surface area contributed by atoms with E-state index in [1.165, 1.54) is 5.56 Å². The molecular formula is C12H19ClN2. The number of hydrogen-bond donors (Lipinski definition) is 1. The van der Waals surface area contributed by atoms with Crippen molar-refractivity contribution in [1.82, 2.24) is 10.2 Å². The Bertz CT molecular complexity index is 301. The van der Waals surface area contributed by atoms with Crippen LogP contribution >= 0.6 is 11.6 Å². The number of hydrogen-bond acceptors (Lipinski definition) is 2. The summed E-state index contributed by atoms with van der Waals surface area (Å²) in [4.78, 5) is 2.28. The van der Waals surface area contributed by atoms with Crippen molar-refractivity contribution in [1.29, 1.82) is 0 Å². The summed E-state index contributed by atoms with van der Waals surface area (Å²) in [5.41, 5.74) is 1.26. The Kier molecular flexibility index (Phi) is 5.09. The van der Waals surface area contributed by atoms with Gasteiger partial charge in [-0.25, -0.2) is 0 Å². The second kappa shape index (κ2) is 6.11. The first-order chi connectivity index (χ1) is 7.11. The molecule has 15 heavy (non-hydrogen) atoms. The van der Waals surface area contributed by atoms with Crippen LogP contribution < -0.4 is 5.32 Å². The van der Waals surface area contributed by atoms with E-state index < -0.39 is 0 Å². The summed E-state index contributed by atoms with van der Waals surface area (Å²) in [6, 6.07) is 8.53. The Morgan fingerprint density at radius 1 is 1.47 bits per heavy atom. The predicted octanol–water partition coefficient (Wildman–Crippen LogP) is 2.38. The van der Waals surface area contributed by atoms with E-state index in [2.05, 4.69) is 30.3 Å². The average molecular weight is 227 g/mol. The number of nitrogens with zero attached hydrogens (tertiary/aromatic N) is 1. The highest BCUT2D eigenvalue weighted by atomic mass is 35.5. The Hall–Kier alpha value is -0.570. The van der Waals surface area contributed by atoms with E-state index in [1.807, 2.05) is 25.2 Å². The smallest absolute Gasteiger partial charge is 0.0409 e. The van der Waals surface area contributed by atoms with E-state index in [0.29, 0.717) is 6.04 Å². The predicted molar refractivity (Wildman–Crippen MR) is 66.3 cm³/mol. The fourth-order valence-electron chi connectivity index (χ4n) is 1.57. The van der Waals surface area contributed by atoms with Crippen molar-refractivity contribution in [2.75, 3.05) is 20.6 Å². The molecule has 0 spiro atoms. The molecule has 1 aromatic carbocycles. The zero-order valence-electron chi connectivity index (χ0n) is 9.63. The summed E-state index contributed by atoms with van der Waals surface area (Å²) < 4.78 is 0. The van der Waals surface area contributed by atoms with Gasteiger partial charge in [-0.05, 0) is 38.7 Å². The number of nitrogens with one attached hydrogen (secondary N) is 1. The standard InChI is InChI=1S/C12H19ClN2/c1-10(14-2)8-15(3)9-11-5-4-6-12(13)7-11/h4-7,10,14H,8-9H2,1-3H3. The minimum atomic E-state index is 0.509. The molecule has 1 aromatic rings. The molecule has 1 N–H and O–H groups in total. The molecule has 0 saturated carbocycles. The van der Waals surface area contributed by atoms with Gasteiger partial charge in [0.15, 0.2) is 0 Å². The first-order valence-corrected chi connectivity index (χ1v) is 5.60. The van der Waals surface area contributed by atoms with Gasteiger partial charge in [-0.1, -0.05) is 23.7 Å². The van der Waals surface area contributed by atoms with Crippen LogP contribution in [-0.4, -0.2) is 31.6 Å². The lowest BCUT2D eigenvalue weighted by Gasteiger charge is -2.21. The summed E-state index contributed by atoms with van der Waals surface area (Å²) >= 11 is 5.93. The lowest BCUT2D eigenvalue weighted by Crippen LogP contribution is -2.34. The number of rotatable bonds is 5. The Morgan fingerprint density at radius 2 is 2.20 bits per heavy atom. The van der Waals surface area contributed by atoms with Gasteiger partial charge in [0, 0.05) is 24.2 Å². The van der Waals surface area contributed by atoms with Crippen LogP contribution in [-0.2, 0) is 6.54 Å². The third-order valence-electron chi connectivity index (χ3n) is 2.42. The molecule has 1 unspecified atom stereocenters. The molecule has 3 heteroatoms. The minimum Gasteiger partial charge on any atom is -0.316 e. The first kappa shape index (κ1) is 12.5. The largest absolute Gasteiger partial charge is 0.316 e. The third kappa shape index (κ3) is 4.65. The summed E-state index contributed by atoms with van der Waals surface area (Å²) in [6.45, 7) is 4.14. The second-order valence-corrected chi connectivity index (χ2v) is 4.45. The zero-order chi connectivity index (χ0) is 11.3. The normalized spacial score (nSPS) is 13.1. The maximum Gasteiger partial charge on any atom is 0.0409 e. The molecule has 0 bridgehead atoms.